The summed E-state index contributed by atoms with van der Waals surface area (Å²) in [6.45, 7) is 4.15. The van der Waals surface area contributed by atoms with Crippen LogP contribution in [0.4, 0.5) is 0 Å². The van der Waals surface area contributed by atoms with Gasteiger partial charge in [0.05, 0.1) is 0 Å². The van der Waals surface area contributed by atoms with Gasteiger partial charge in [-0.2, -0.15) is 0 Å². The molecule has 0 spiro atoms. The molecule has 2 nitrogen and oxygen atoms in total. The van der Waals surface area contributed by atoms with Crippen LogP contribution in [0.1, 0.15) is 27.0 Å². The van der Waals surface area contributed by atoms with E-state index in [9.17, 15) is 5.11 Å². The van der Waals surface area contributed by atoms with Gasteiger partial charge in [0.25, 0.3) is 0 Å². The first kappa shape index (κ1) is 9.49. The first-order valence-electron chi connectivity index (χ1n) is 4.56. The summed E-state index contributed by atoms with van der Waals surface area (Å²) in [6, 6.07) is 3.95. The summed E-state index contributed by atoms with van der Waals surface area (Å²) in [6.07, 6.45) is 3.17. The van der Waals surface area contributed by atoms with E-state index in [0.29, 0.717) is 0 Å². The van der Waals surface area contributed by atoms with Crippen molar-refractivity contribution in [1.82, 2.24) is 4.98 Å². The first-order valence-corrected chi connectivity index (χ1v) is 5.38. The summed E-state index contributed by atoms with van der Waals surface area (Å²) < 4.78 is 0. The molecule has 14 heavy (non-hydrogen) atoms. The Morgan fingerprint density at radius 2 is 2.21 bits per heavy atom. The molecule has 1 unspecified atom stereocenters. The van der Waals surface area contributed by atoms with Crippen LogP contribution in [0.15, 0.2) is 24.5 Å². The van der Waals surface area contributed by atoms with Gasteiger partial charge in [-0.1, -0.05) is 0 Å². The second-order valence-corrected chi connectivity index (χ2v) is 4.72. The Hall–Kier alpha value is -1.06. The monoisotopic (exact) mass is 207 g/mol. The molecule has 0 aliphatic heterocycles. The number of aliphatic hydroxyl groups is 1. The number of H-pyrrole nitrogens is 1. The minimum absolute atomic E-state index is 0.487. The molecule has 2 aromatic heterocycles. The molecule has 2 rings (SSSR count). The van der Waals surface area contributed by atoms with Gasteiger partial charge in [-0.25, -0.2) is 0 Å². The van der Waals surface area contributed by atoms with Gasteiger partial charge in [0.15, 0.2) is 0 Å². The van der Waals surface area contributed by atoms with Gasteiger partial charge >= 0.3 is 0 Å². The lowest BCUT2D eigenvalue weighted by Crippen LogP contribution is -1.94. The topological polar surface area (TPSA) is 36.0 Å². The van der Waals surface area contributed by atoms with Crippen molar-refractivity contribution < 1.29 is 5.11 Å². The summed E-state index contributed by atoms with van der Waals surface area (Å²) in [5.74, 6) is 0. The van der Waals surface area contributed by atoms with Crippen molar-refractivity contribution in [2.75, 3.05) is 0 Å². The maximum Gasteiger partial charge on any atom is 0.115 e. The predicted octanol–water partition coefficient (Wildman–Crippen LogP) is 2.77. The van der Waals surface area contributed by atoms with Crippen molar-refractivity contribution in [1.29, 1.82) is 0 Å². The van der Waals surface area contributed by atoms with Crippen LogP contribution in [-0.4, -0.2) is 10.1 Å². The highest BCUT2D eigenvalue weighted by Crippen LogP contribution is 2.30. The zero-order valence-electron chi connectivity index (χ0n) is 8.24. The molecule has 74 valence electrons. The summed E-state index contributed by atoms with van der Waals surface area (Å²) in [5, 5.41) is 10.0. The molecule has 0 bridgehead atoms. The summed E-state index contributed by atoms with van der Waals surface area (Å²) >= 11 is 1.66. The van der Waals surface area contributed by atoms with E-state index in [1.807, 2.05) is 18.5 Å². The Morgan fingerprint density at radius 1 is 1.43 bits per heavy atom. The van der Waals surface area contributed by atoms with E-state index in [2.05, 4.69) is 24.9 Å². The third-order valence-electron chi connectivity index (χ3n) is 2.39. The number of hydrogen-bond acceptors (Lipinski definition) is 2. The number of aromatic amines is 1. The molecular formula is C11H13NOS. The van der Waals surface area contributed by atoms with Crippen molar-refractivity contribution >= 4 is 11.3 Å². The number of hydrogen-bond donors (Lipinski definition) is 2. The normalized spacial score (nSPS) is 13.1. The molecule has 0 amide bonds. The fraction of sp³-hybridized carbons (Fsp3) is 0.273. The Kier molecular flexibility index (Phi) is 2.44. The van der Waals surface area contributed by atoms with Crippen LogP contribution in [-0.2, 0) is 0 Å². The number of aryl methyl sites for hydroxylation is 2. The molecule has 0 saturated heterocycles. The van der Waals surface area contributed by atoms with Crippen LogP contribution in [0.25, 0.3) is 0 Å². The fourth-order valence-corrected chi connectivity index (χ4v) is 2.46. The van der Waals surface area contributed by atoms with E-state index in [0.717, 1.165) is 10.4 Å². The minimum Gasteiger partial charge on any atom is -0.383 e. The van der Waals surface area contributed by atoms with Crippen molar-refractivity contribution in [2.24, 2.45) is 0 Å². The zero-order chi connectivity index (χ0) is 10.1. The maximum absolute atomic E-state index is 10.0. The maximum atomic E-state index is 10.0. The molecule has 3 heteroatoms. The quantitative estimate of drug-likeness (QED) is 0.780. The Balaban J connectivity index is 2.32. The molecule has 0 aliphatic carbocycles. The molecular weight excluding hydrogens is 194 g/mol. The molecule has 0 saturated carbocycles. The van der Waals surface area contributed by atoms with Gasteiger partial charge in [-0.05, 0) is 31.5 Å². The molecule has 2 aromatic rings. The molecule has 0 fully saturated rings. The van der Waals surface area contributed by atoms with Crippen molar-refractivity contribution in [3.8, 4) is 0 Å². The van der Waals surface area contributed by atoms with Gasteiger partial charge < -0.3 is 10.1 Å². The van der Waals surface area contributed by atoms with Gasteiger partial charge in [-0.15, -0.1) is 11.3 Å². The predicted molar refractivity (Wildman–Crippen MR) is 58.6 cm³/mol. The molecule has 2 N–H and O–H groups in total. The lowest BCUT2D eigenvalue weighted by molar-refractivity contribution is 0.224. The number of aromatic nitrogens is 1. The standard InChI is InChI=1S/C11H13NOS/c1-7-5-10(14-8(7)2)11(13)9-3-4-12-6-9/h3-6,11-13H,1-2H3. The molecule has 0 aliphatic rings. The average molecular weight is 207 g/mol. The minimum atomic E-state index is -0.487. The Bertz CT molecular complexity index is 397. The van der Waals surface area contributed by atoms with E-state index >= 15 is 0 Å². The second kappa shape index (κ2) is 3.59. The summed E-state index contributed by atoms with van der Waals surface area (Å²) in [4.78, 5) is 5.23. The second-order valence-electron chi connectivity index (χ2n) is 3.43. The fourth-order valence-electron chi connectivity index (χ4n) is 1.41. The van der Waals surface area contributed by atoms with Crippen LogP contribution >= 0.6 is 11.3 Å². The Morgan fingerprint density at radius 3 is 2.71 bits per heavy atom. The average Bonchev–Trinajstić information content (AvgIpc) is 2.76. The van der Waals surface area contributed by atoms with Crippen LogP contribution in [0.2, 0.25) is 0 Å². The van der Waals surface area contributed by atoms with Gasteiger partial charge in [0.1, 0.15) is 6.10 Å². The highest BCUT2D eigenvalue weighted by molar-refractivity contribution is 7.12. The first-order chi connectivity index (χ1) is 6.68. The van der Waals surface area contributed by atoms with Crippen LogP contribution in [0.5, 0.6) is 0 Å². The SMILES string of the molecule is Cc1cc(C(O)c2cc[nH]c2)sc1C. The van der Waals surface area contributed by atoms with Crippen LogP contribution in [0.3, 0.4) is 0 Å². The van der Waals surface area contributed by atoms with Gasteiger partial charge in [0.2, 0.25) is 0 Å². The van der Waals surface area contributed by atoms with Gasteiger partial charge in [0, 0.05) is 27.7 Å². The van der Waals surface area contributed by atoms with E-state index in [1.165, 1.54) is 10.4 Å². The molecule has 1 atom stereocenters. The van der Waals surface area contributed by atoms with E-state index in [4.69, 9.17) is 0 Å². The number of aliphatic hydroxyl groups excluding tert-OH is 1. The van der Waals surface area contributed by atoms with Gasteiger partial charge in [-0.3, -0.25) is 0 Å². The number of nitrogens with one attached hydrogen (secondary N) is 1. The van der Waals surface area contributed by atoms with Crippen molar-refractivity contribution in [2.45, 2.75) is 20.0 Å². The van der Waals surface area contributed by atoms with E-state index < -0.39 is 6.10 Å². The molecule has 0 aromatic carbocycles. The third kappa shape index (κ3) is 1.61. The molecule has 0 radical (unpaired) electrons. The number of rotatable bonds is 2. The van der Waals surface area contributed by atoms with Crippen molar-refractivity contribution in [3.63, 3.8) is 0 Å². The zero-order valence-corrected chi connectivity index (χ0v) is 9.06. The van der Waals surface area contributed by atoms with E-state index in [-0.39, 0.29) is 0 Å². The summed E-state index contributed by atoms with van der Waals surface area (Å²) in [5.41, 5.74) is 2.17. The van der Waals surface area contributed by atoms with Crippen molar-refractivity contribution in [3.05, 3.63) is 45.4 Å². The third-order valence-corrected chi connectivity index (χ3v) is 3.60. The molecule has 2 heterocycles. The lowest BCUT2D eigenvalue weighted by Gasteiger charge is -2.04. The van der Waals surface area contributed by atoms with Crippen LogP contribution < -0.4 is 0 Å². The smallest absolute Gasteiger partial charge is 0.115 e. The largest absolute Gasteiger partial charge is 0.383 e. The van der Waals surface area contributed by atoms with Crippen LogP contribution in [0, 0.1) is 13.8 Å². The highest BCUT2D eigenvalue weighted by atomic mass is 32.1. The highest BCUT2D eigenvalue weighted by Gasteiger charge is 2.13. The Labute approximate surface area is 87.2 Å². The van der Waals surface area contributed by atoms with E-state index in [1.54, 1.807) is 11.3 Å². The summed E-state index contributed by atoms with van der Waals surface area (Å²) in [7, 11) is 0. The lowest BCUT2D eigenvalue weighted by atomic mass is 10.1. The number of thiophene rings is 1.